The smallest absolute Gasteiger partial charge is 0.410 e. The molecular weight excluding hydrogens is 332 g/mol. The van der Waals surface area contributed by atoms with E-state index in [-0.39, 0.29) is 17.4 Å². The highest BCUT2D eigenvalue weighted by atomic mass is 19.3. The highest BCUT2D eigenvalue weighted by Gasteiger charge is 2.30. The topological polar surface area (TPSA) is 72.6 Å². The number of halogens is 2. The van der Waals surface area contributed by atoms with Gasteiger partial charge in [0.15, 0.2) is 0 Å². The second-order valence-corrected chi connectivity index (χ2v) is 7.14. The molecule has 0 aromatic carbocycles. The van der Waals surface area contributed by atoms with E-state index >= 15 is 0 Å². The minimum Gasteiger partial charge on any atom is -0.444 e. The molecule has 7 nitrogen and oxygen atoms in total. The van der Waals surface area contributed by atoms with Gasteiger partial charge in [0.25, 0.3) is 12.2 Å². The Morgan fingerprint density at radius 1 is 1.40 bits per heavy atom. The van der Waals surface area contributed by atoms with Gasteiger partial charge in [-0.2, -0.15) is 10.1 Å². The number of amides is 1. The van der Waals surface area contributed by atoms with Gasteiger partial charge in [0.2, 0.25) is 0 Å². The van der Waals surface area contributed by atoms with Crippen molar-refractivity contribution in [2.75, 3.05) is 13.1 Å². The molecule has 3 heterocycles. The van der Waals surface area contributed by atoms with Crippen molar-refractivity contribution in [1.82, 2.24) is 24.5 Å². The number of aromatic nitrogens is 4. The van der Waals surface area contributed by atoms with Gasteiger partial charge >= 0.3 is 6.09 Å². The van der Waals surface area contributed by atoms with E-state index in [2.05, 4.69) is 15.1 Å². The van der Waals surface area contributed by atoms with Gasteiger partial charge in [-0.15, -0.1) is 0 Å². The Morgan fingerprint density at radius 3 is 2.84 bits per heavy atom. The monoisotopic (exact) mass is 353 g/mol. The Labute approximate surface area is 144 Å². The van der Waals surface area contributed by atoms with E-state index in [1.807, 2.05) is 20.8 Å². The van der Waals surface area contributed by atoms with Crippen LogP contribution in [0.25, 0.3) is 5.78 Å². The van der Waals surface area contributed by atoms with E-state index in [0.29, 0.717) is 18.8 Å². The van der Waals surface area contributed by atoms with Crippen molar-refractivity contribution in [1.29, 1.82) is 0 Å². The van der Waals surface area contributed by atoms with E-state index in [0.717, 1.165) is 12.8 Å². The van der Waals surface area contributed by atoms with Crippen molar-refractivity contribution in [3.05, 3.63) is 23.8 Å². The lowest BCUT2D eigenvalue weighted by molar-refractivity contribution is 0.0196. The molecule has 0 saturated carbocycles. The molecule has 1 fully saturated rings. The zero-order chi connectivity index (χ0) is 18.2. The third kappa shape index (κ3) is 3.85. The van der Waals surface area contributed by atoms with Gasteiger partial charge < -0.3 is 9.64 Å². The lowest BCUT2D eigenvalue weighted by Gasteiger charge is -2.34. The Hall–Kier alpha value is -2.32. The van der Waals surface area contributed by atoms with E-state index in [1.165, 1.54) is 16.9 Å². The minimum absolute atomic E-state index is 0.133. The number of hydrogen-bond acceptors (Lipinski definition) is 5. The maximum absolute atomic E-state index is 13.1. The molecule has 3 rings (SSSR count). The number of hydrogen-bond donors (Lipinski definition) is 0. The first kappa shape index (κ1) is 17.5. The zero-order valence-electron chi connectivity index (χ0n) is 14.4. The fourth-order valence-electron chi connectivity index (χ4n) is 2.97. The maximum atomic E-state index is 13.1. The number of alkyl halides is 2. The summed E-state index contributed by atoms with van der Waals surface area (Å²) in [5, 5.41) is 4.09. The van der Waals surface area contributed by atoms with Crippen molar-refractivity contribution < 1.29 is 18.3 Å². The highest BCUT2D eigenvalue weighted by Crippen LogP contribution is 2.30. The molecule has 9 heteroatoms. The van der Waals surface area contributed by atoms with Crippen LogP contribution >= 0.6 is 0 Å². The normalized spacial score (nSPS) is 18.8. The first-order chi connectivity index (χ1) is 11.7. The van der Waals surface area contributed by atoms with Crippen LogP contribution in [0, 0.1) is 0 Å². The number of rotatable bonds is 2. The summed E-state index contributed by atoms with van der Waals surface area (Å²) < 4.78 is 33.2. The average molecular weight is 353 g/mol. The predicted molar refractivity (Wildman–Crippen MR) is 85.5 cm³/mol. The first-order valence-corrected chi connectivity index (χ1v) is 8.21. The summed E-state index contributed by atoms with van der Waals surface area (Å²) in [6.45, 7) is 6.39. The summed E-state index contributed by atoms with van der Waals surface area (Å²) >= 11 is 0. The molecule has 1 unspecified atom stereocenters. The number of nitrogens with zero attached hydrogens (tertiary/aromatic N) is 5. The van der Waals surface area contributed by atoms with E-state index in [9.17, 15) is 13.6 Å². The number of carbonyl (C=O) groups excluding carboxylic acids is 1. The molecule has 2 aromatic rings. The molecule has 1 saturated heterocycles. The second kappa shape index (κ2) is 6.53. The molecule has 0 spiro atoms. The SMILES string of the molecule is CC(C)(C)OC(=O)N1CCCC(c2cc(C(F)F)nc3ncnn23)C1. The number of carbonyl (C=O) groups is 1. The summed E-state index contributed by atoms with van der Waals surface area (Å²) in [4.78, 5) is 21.7. The van der Waals surface area contributed by atoms with Gasteiger partial charge in [0.05, 0.1) is 5.69 Å². The fourth-order valence-corrected chi connectivity index (χ4v) is 2.97. The molecular formula is C16H21F2N5O2. The van der Waals surface area contributed by atoms with Gasteiger partial charge in [0, 0.05) is 19.0 Å². The van der Waals surface area contributed by atoms with Crippen molar-refractivity contribution in [2.45, 2.75) is 51.6 Å². The van der Waals surface area contributed by atoms with E-state index < -0.39 is 18.1 Å². The zero-order valence-corrected chi connectivity index (χ0v) is 14.4. The molecule has 2 aromatic heterocycles. The van der Waals surface area contributed by atoms with Crippen LogP contribution in [0.3, 0.4) is 0 Å². The van der Waals surface area contributed by atoms with Crippen molar-refractivity contribution in [3.63, 3.8) is 0 Å². The van der Waals surface area contributed by atoms with Gasteiger partial charge in [-0.05, 0) is 39.7 Å². The Bertz CT molecular complexity index is 771. The standard InChI is InChI=1S/C16H21F2N5O2/c1-16(2,3)25-15(24)22-6-4-5-10(8-22)12-7-11(13(17)18)21-14-19-9-20-23(12)14/h7,9-10,13H,4-6,8H2,1-3H3. The molecule has 1 aliphatic heterocycles. The highest BCUT2D eigenvalue weighted by molar-refractivity contribution is 5.68. The number of fused-ring (bicyclic) bond motifs is 1. The molecule has 0 aliphatic carbocycles. The summed E-state index contributed by atoms with van der Waals surface area (Å²) in [7, 11) is 0. The summed E-state index contributed by atoms with van der Waals surface area (Å²) in [6, 6.07) is 1.36. The summed E-state index contributed by atoms with van der Waals surface area (Å²) in [6.07, 6.45) is -0.274. The van der Waals surface area contributed by atoms with Crippen LogP contribution in [-0.4, -0.2) is 49.3 Å². The van der Waals surface area contributed by atoms with Gasteiger partial charge in [-0.25, -0.2) is 23.1 Å². The van der Waals surface area contributed by atoms with Crippen molar-refractivity contribution in [3.8, 4) is 0 Å². The average Bonchev–Trinajstić information content (AvgIpc) is 3.00. The Morgan fingerprint density at radius 2 is 2.16 bits per heavy atom. The van der Waals surface area contributed by atoms with Crippen LogP contribution < -0.4 is 0 Å². The van der Waals surface area contributed by atoms with Gasteiger partial charge in [0.1, 0.15) is 17.6 Å². The molecule has 0 bridgehead atoms. The maximum Gasteiger partial charge on any atom is 0.410 e. The second-order valence-electron chi connectivity index (χ2n) is 7.14. The molecule has 25 heavy (non-hydrogen) atoms. The summed E-state index contributed by atoms with van der Waals surface area (Å²) in [5.74, 6) is 0.00756. The third-order valence-corrected chi connectivity index (χ3v) is 4.01. The van der Waals surface area contributed by atoms with E-state index in [4.69, 9.17) is 4.74 Å². The Balaban J connectivity index is 1.87. The molecule has 1 amide bonds. The van der Waals surface area contributed by atoms with Gasteiger partial charge in [-0.3, -0.25) is 0 Å². The van der Waals surface area contributed by atoms with Crippen LogP contribution in [0.15, 0.2) is 12.4 Å². The lowest BCUT2D eigenvalue weighted by atomic mass is 9.94. The van der Waals surface area contributed by atoms with E-state index in [1.54, 1.807) is 4.90 Å². The van der Waals surface area contributed by atoms with Gasteiger partial charge in [-0.1, -0.05) is 0 Å². The number of piperidine rings is 1. The molecule has 0 radical (unpaired) electrons. The molecule has 1 atom stereocenters. The minimum atomic E-state index is -2.69. The van der Waals surface area contributed by atoms with Crippen LogP contribution in [0.5, 0.6) is 0 Å². The van der Waals surface area contributed by atoms with Crippen LogP contribution in [0.2, 0.25) is 0 Å². The van der Waals surface area contributed by atoms with Crippen molar-refractivity contribution in [2.24, 2.45) is 0 Å². The number of ether oxygens (including phenoxy) is 1. The Kier molecular flexibility index (Phi) is 4.57. The molecule has 136 valence electrons. The summed E-state index contributed by atoms with van der Waals surface area (Å²) in [5.41, 5.74) is -0.321. The number of likely N-dealkylation sites (tertiary alicyclic amines) is 1. The quantitative estimate of drug-likeness (QED) is 0.829. The molecule has 1 aliphatic rings. The van der Waals surface area contributed by atoms with Crippen molar-refractivity contribution >= 4 is 11.9 Å². The fraction of sp³-hybridized carbons (Fsp3) is 0.625. The predicted octanol–water partition coefficient (Wildman–Crippen LogP) is 3.18. The van der Waals surface area contributed by atoms with Crippen LogP contribution in [0.4, 0.5) is 13.6 Å². The van der Waals surface area contributed by atoms with Crippen LogP contribution in [0.1, 0.15) is 57.3 Å². The lowest BCUT2D eigenvalue weighted by Crippen LogP contribution is -2.42. The third-order valence-electron chi connectivity index (χ3n) is 4.01. The largest absolute Gasteiger partial charge is 0.444 e. The first-order valence-electron chi connectivity index (χ1n) is 8.21. The molecule has 0 N–H and O–H groups in total. The van der Waals surface area contributed by atoms with Crippen LogP contribution in [-0.2, 0) is 4.74 Å².